The van der Waals surface area contributed by atoms with Gasteiger partial charge in [0.2, 0.25) is 0 Å². The molecule has 30 heavy (non-hydrogen) atoms. The van der Waals surface area contributed by atoms with E-state index in [4.69, 9.17) is 4.74 Å². The number of hydrazine groups is 1. The number of nitrogens with zero attached hydrogens (tertiary/aromatic N) is 1. The average Bonchev–Trinajstić information content (AvgIpc) is 2.92. The number of carbonyl (C=O) groups is 4. The number of aryl methyl sites for hydroxylation is 2. The highest BCUT2D eigenvalue weighted by Gasteiger charge is 2.52. The molecule has 2 N–H and O–H groups in total. The van der Waals surface area contributed by atoms with Gasteiger partial charge in [-0.25, -0.2) is 4.79 Å². The predicted molar refractivity (Wildman–Crippen MR) is 115 cm³/mol. The van der Waals surface area contributed by atoms with Crippen LogP contribution in [0, 0.1) is 13.8 Å². The van der Waals surface area contributed by atoms with Crippen LogP contribution in [0.4, 0.5) is 4.79 Å². The van der Waals surface area contributed by atoms with Gasteiger partial charge in [0, 0.05) is 9.37 Å². The number of esters is 1. The molecule has 3 rings (SSSR count). The average molecular weight is 498 g/mol. The van der Waals surface area contributed by atoms with Gasteiger partial charge in [0.1, 0.15) is 5.54 Å². The molecule has 0 radical (unpaired) electrons. The van der Waals surface area contributed by atoms with Crippen molar-refractivity contribution < 1.29 is 23.9 Å². The number of hydrogen-bond acceptors (Lipinski definition) is 6. The number of benzene rings is 1. The third kappa shape index (κ3) is 4.97. The maximum Gasteiger partial charge on any atom is 0.344 e. The number of rotatable bonds is 6. The summed E-state index contributed by atoms with van der Waals surface area (Å²) in [6.07, 6.45) is 3.83. The van der Waals surface area contributed by atoms with Gasteiger partial charge in [-0.15, -0.1) is 11.8 Å². The lowest BCUT2D eigenvalue weighted by atomic mass is 9.82. The topological polar surface area (TPSA) is 105 Å². The molecular weight excluding hydrogens is 474 g/mol. The molecule has 1 saturated heterocycles. The molecule has 1 aromatic carbocycles. The second-order valence-corrected chi connectivity index (χ2v) is 9.44. The number of amides is 4. The maximum absolute atomic E-state index is 12.6. The first-order chi connectivity index (χ1) is 14.2. The van der Waals surface area contributed by atoms with Crippen molar-refractivity contribution in [2.45, 2.75) is 56.4 Å². The highest BCUT2D eigenvalue weighted by Crippen LogP contribution is 2.33. The highest BCUT2D eigenvalue weighted by molar-refractivity contribution is 9.10. The predicted octanol–water partition coefficient (Wildman–Crippen LogP) is 2.99. The molecule has 1 spiro atoms. The van der Waals surface area contributed by atoms with E-state index in [1.165, 1.54) is 11.8 Å². The number of imide groups is 1. The largest absolute Gasteiger partial charge is 0.455 e. The second kappa shape index (κ2) is 9.38. The van der Waals surface area contributed by atoms with Gasteiger partial charge in [-0.1, -0.05) is 35.2 Å². The van der Waals surface area contributed by atoms with E-state index in [1.54, 1.807) is 0 Å². The van der Waals surface area contributed by atoms with Crippen LogP contribution in [0.5, 0.6) is 0 Å². The molecular formula is C20H24BrN3O5S. The summed E-state index contributed by atoms with van der Waals surface area (Å²) in [5, 5.41) is 3.40. The van der Waals surface area contributed by atoms with Crippen LogP contribution in [-0.2, 0) is 19.1 Å². The summed E-state index contributed by atoms with van der Waals surface area (Å²) in [5.41, 5.74) is 3.41. The molecule has 1 heterocycles. The van der Waals surface area contributed by atoms with Crippen LogP contribution in [0.3, 0.4) is 0 Å². The van der Waals surface area contributed by atoms with Gasteiger partial charge in [-0.05, 0) is 49.9 Å². The highest BCUT2D eigenvalue weighted by atomic mass is 79.9. The van der Waals surface area contributed by atoms with E-state index in [2.05, 4.69) is 26.7 Å². The number of carbonyl (C=O) groups excluding carboxylic acids is 4. The minimum atomic E-state index is -0.920. The van der Waals surface area contributed by atoms with Crippen molar-refractivity contribution in [3.05, 3.63) is 27.7 Å². The zero-order valence-electron chi connectivity index (χ0n) is 16.9. The molecule has 10 heteroatoms. The minimum Gasteiger partial charge on any atom is -0.455 e. The summed E-state index contributed by atoms with van der Waals surface area (Å²) in [4.78, 5) is 49.8. The summed E-state index contributed by atoms with van der Waals surface area (Å²) >= 11 is 4.79. The number of thioether (sulfide) groups is 1. The molecule has 0 unspecified atom stereocenters. The molecule has 0 aromatic heterocycles. The summed E-state index contributed by atoms with van der Waals surface area (Å²) in [5.74, 6) is -1.71. The van der Waals surface area contributed by atoms with Crippen molar-refractivity contribution in [3.8, 4) is 0 Å². The maximum atomic E-state index is 12.6. The molecule has 4 amide bonds. The number of halogens is 1. The zero-order chi connectivity index (χ0) is 21.9. The smallest absolute Gasteiger partial charge is 0.344 e. The summed E-state index contributed by atoms with van der Waals surface area (Å²) in [7, 11) is 0. The van der Waals surface area contributed by atoms with E-state index >= 15 is 0 Å². The Kier molecular flexibility index (Phi) is 7.07. The SMILES string of the molecule is Cc1cc(SCC(=O)OCC(=O)NN2C(=O)NC3(CCCCC3)C2=O)c(C)cc1Br. The monoisotopic (exact) mass is 497 g/mol. The van der Waals surface area contributed by atoms with Crippen molar-refractivity contribution >= 4 is 51.5 Å². The van der Waals surface area contributed by atoms with E-state index in [9.17, 15) is 19.2 Å². The lowest BCUT2D eigenvalue weighted by Crippen LogP contribution is -2.51. The Morgan fingerprint density at radius 1 is 1.20 bits per heavy atom. The van der Waals surface area contributed by atoms with Gasteiger partial charge in [0.25, 0.3) is 11.8 Å². The molecule has 1 aromatic rings. The molecule has 1 saturated carbocycles. The first kappa shape index (κ1) is 22.6. The normalized spacial score (nSPS) is 17.8. The zero-order valence-corrected chi connectivity index (χ0v) is 19.3. The van der Waals surface area contributed by atoms with Crippen molar-refractivity contribution in [1.82, 2.24) is 15.8 Å². The van der Waals surface area contributed by atoms with E-state index in [-0.39, 0.29) is 5.75 Å². The van der Waals surface area contributed by atoms with Gasteiger partial charge in [0.15, 0.2) is 6.61 Å². The standard InChI is InChI=1S/C20H24BrN3O5S/c1-12-9-15(13(2)8-14(12)21)30-11-17(26)29-10-16(25)23-24-18(27)20(22-19(24)28)6-4-3-5-7-20/h8-9H,3-7,10-11H2,1-2H3,(H,22,28)(H,23,25). The van der Waals surface area contributed by atoms with Crippen molar-refractivity contribution in [1.29, 1.82) is 0 Å². The molecule has 1 aliphatic heterocycles. The molecule has 0 bridgehead atoms. The van der Waals surface area contributed by atoms with Crippen molar-refractivity contribution in [3.63, 3.8) is 0 Å². The van der Waals surface area contributed by atoms with Crippen molar-refractivity contribution in [2.75, 3.05) is 12.4 Å². The van der Waals surface area contributed by atoms with Crippen LogP contribution in [0.2, 0.25) is 0 Å². The number of ether oxygens (including phenoxy) is 1. The molecule has 2 fully saturated rings. The number of hydrogen-bond donors (Lipinski definition) is 2. The van der Waals surface area contributed by atoms with Crippen LogP contribution in [0.15, 0.2) is 21.5 Å². The van der Waals surface area contributed by atoms with Gasteiger partial charge in [-0.3, -0.25) is 19.8 Å². The molecule has 2 aliphatic rings. The summed E-state index contributed by atoms with van der Waals surface area (Å²) in [6.45, 7) is 3.34. The van der Waals surface area contributed by atoms with Crippen LogP contribution in [0.1, 0.15) is 43.2 Å². The Labute approximate surface area is 187 Å². The molecule has 8 nitrogen and oxygen atoms in total. The van der Waals surface area contributed by atoms with E-state index in [0.29, 0.717) is 17.9 Å². The fraction of sp³-hybridized carbons (Fsp3) is 0.500. The Bertz CT molecular complexity index is 885. The Morgan fingerprint density at radius 3 is 2.60 bits per heavy atom. The second-order valence-electron chi connectivity index (χ2n) is 7.56. The summed E-state index contributed by atoms with van der Waals surface area (Å²) < 4.78 is 5.99. The Morgan fingerprint density at radius 2 is 1.90 bits per heavy atom. The fourth-order valence-electron chi connectivity index (χ4n) is 3.61. The van der Waals surface area contributed by atoms with Crippen molar-refractivity contribution in [2.24, 2.45) is 0 Å². The number of urea groups is 1. The molecule has 162 valence electrons. The minimum absolute atomic E-state index is 0.0431. The van der Waals surface area contributed by atoms with Gasteiger partial charge in [-0.2, -0.15) is 5.01 Å². The van der Waals surface area contributed by atoms with Gasteiger partial charge >= 0.3 is 12.0 Å². The lowest BCUT2D eigenvalue weighted by molar-refractivity contribution is -0.148. The van der Waals surface area contributed by atoms with Crippen LogP contribution >= 0.6 is 27.7 Å². The first-order valence-electron chi connectivity index (χ1n) is 9.73. The molecule has 1 aliphatic carbocycles. The third-order valence-electron chi connectivity index (χ3n) is 5.27. The summed E-state index contributed by atoms with van der Waals surface area (Å²) in [6, 6.07) is 3.30. The van der Waals surface area contributed by atoms with Gasteiger partial charge < -0.3 is 10.1 Å². The van der Waals surface area contributed by atoms with E-state index in [0.717, 1.165) is 39.8 Å². The fourth-order valence-corrected chi connectivity index (χ4v) is 4.97. The van der Waals surface area contributed by atoms with E-state index in [1.807, 2.05) is 26.0 Å². The van der Waals surface area contributed by atoms with Crippen LogP contribution in [0.25, 0.3) is 0 Å². The Hall–Kier alpha value is -2.07. The number of nitrogens with one attached hydrogen (secondary N) is 2. The van der Waals surface area contributed by atoms with Crippen LogP contribution in [-0.4, -0.2) is 46.7 Å². The van der Waals surface area contributed by atoms with E-state index < -0.39 is 36.0 Å². The van der Waals surface area contributed by atoms with Crippen LogP contribution < -0.4 is 10.7 Å². The first-order valence-corrected chi connectivity index (χ1v) is 11.5. The van der Waals surface area contributed by atoms with Gasteiger partial charge in [0.05, 0.1) is 5.75 Å². The third-order valence-corrected chi connectivity index (χ3v) is 7.26. The lowest BCUT2D eigenvalue weighted by Gasteiger charge is -2.30. The Balaban J connectivity index is 1.46. The molecule has 0 atom stereocenters. The quantitative estimate of drug-likeness (QED) is 0.355.